The molecule has 0 fully saturated rings. The number of hydrogen-bond acceptors (Lipinski definition) is 3. The number of anilines is 2. The van der Waals surface area contributed by atoms with Gasteiger partial charge in [-0.3, -0.25) is 4.72 Å². The molecule has 0 aliphatic heterocycles. The molecule has 5 heteroatoms. The molecule has 0 heterocycles. The zero-order chi connectivity index (χ0) is 18.1. The summed E-state index contributed by atoms with van der Waals surface area (Å²) in [5.74, 6) is 0.0799. The van der Waals surface area contributed by atoms with E-state index in [1.54, 1.807) is 0 Å². The molecule has 0 amide bonds. The Balaban J connectivity index is 1.97. The van der Waals surface area contributed by atoms with Crippen molar-refractivity contribution >= 4 is 21.4 Å². The van der Waals surface area contributed by atoms with E-state index in [2.05, 4.69) is 23.5 Å². The van der Waals surface area contributed by atoms with Crippen LogP contribution in [0.5, 0.6) is 0 Å². The van der Waals surface area contributed by atoms with Crippen molar-refractivity contribution in [2.24, 2.45) is 0 Å². The zero-order valence-corrected chi connectivity index (χ0v) is 15.9. The Hall–Kier alpha value is -2.01. The van der Waals surface area contributed by atoms with E-state index in [1.165, 1.54) is 0 Å². The van der Waals surface area contributed by atoms with Gasteiger partial charge in [0.2, 0.25) is 10.0 Å². The van der Waals surface area contributed by atoms with Gasteiger partial charge in [-0.1, -0.05) is 44.2 Å². The maximum atomic E-state index is 12.3. The first kappa shape index (κ1) is 19.3. The van der Waals surface area contributed by atoms with Crippen LogP contribution in [-0.4, -0.2) is 27.3 Å². The van der Waals surface area contributed by atoms with Gasteiger partial charge in [-0.25, -0.2) is 8.42 Å². The SMILES string of the molecule is CCCN(CCC)c1ccc(NS(=O)(=O)CCc2ccccc2)cc1. The third kappa shape index (κ3) is 6.42. The Labute approximate surface area is 151 Å². The van der Waals surface area contributed by atoms with Gasteiger partial charge in [0.05, 0.1) is 5.75 Å². The third-order valence-corrected chi connectivity index (χ3v) is 5.28. The zero-order valence-electron chi connectivity index (χ0n) is 15.1. The van der Waals surface area contributed by atoms with E-state index in [0.29, 0.717) is 12.1 Å². The number of nitrogens with zero attached hydrogens (tertiary/aromatic N) is 1. The number of nitrogens with one attached hydrogen (secondary N) is 1. The molecule has 0 unspecified atom stereocenters. The van der Waals surface area contributed by atoms with E-state index in [9.17, 15) is 8.42 Å². The first-order valence-corrected chi connectivity index (χ1v) is 10.6. The van der Waals surface area contributed by atoms with Crippen LogP contribution in [0.15, 0.2) is 54.6 Å². The van der Waals surface area contributed by atoms with Crippen LogP contribution in [0.2, 0.25) is 0 Å². The molecular weight excluding hydrogens is 332 g/mol. The van der Waals surface area contributed by atoms with Crippen molar-refractivity contribution in [2.45, 2.75) is 33.1 Å². The van der Waals surface area contributed by atoms with Gasteiger partial charge in [0, 0.05) is 24.5 Å². The summed E-state index contributed by atoms with van der Waals surface area (Å²) in [7, 11) is -3.35. The summed E-state index contributed by atoms with van der Waals surface area (Å²) >= 11 is 0. The molecule has 0 radical (unpaired) electrons. The van der Waals surface area contributed by atoms with Crippen molar-refractivity contribution in [2.75, 3.05) is 28.5 Å². The van der Waals surface area contributed by atoms with Crippen LogP contribution < -0.4 is 9.62 Å². The predicted octanol–water partition coefficient (Wildman–Crippen LogP) is 4.30. The minimum absolute atomic E-state index is 0.0799. The predicted molar refractivity (Wildman–Crippen MR) is 107 cm³/mol. The molecule has 1 N–H and O–H groups in total. The summed E-state index contributed by atoms with van der Waals surface area (Å²) in [5, 5.41) is 0. The number of benzene rings is 2. The summed E-state index contributed by atoms with van der Waals surface area (Å²) in [6.45, 7) is 6.35. The lowest BCUT2D eigenvalue weighted by Crippen LogP contribution is -2.24. The molecule has 0 atom stereocenters. The lowest BCUT2D eigenvalue weighted by atomic mass is 10.2. The highest BCUT2D eigenvalue weighted by Crippen LogP contribution is 2.19. The summed E-state index contributed by atoms with van der Waals surface area (Å²) in [6.07, 6.45) is 2.69. The molecule has 0 saturated carbocycles. The van der Waals surface area contributed by atoms with Crippen molar-refractivity contribution in [1.82, 2.24) is 0 Å². The van der Waals surface area contributed by atoms with Gasteiger partial charge in [0.25, 0.3) is 0 Å². The Morgan fingerprint density at radius 3 is 2.04 bits per heavy atom. The second kappa shape index (κ2) is 9.47. The minimum Gasteiger partial charge on any atom is -0.372 e. The largest absolute Gasteiger partial charge is 0.372 e. The fourth-order valence-corrected chi connectivity index (χ4v) is 3.88. The maximum Gasteiger partial charge on any atom is 0.233 e. The average Bonchev–Trinajstić information content (AvgIpc) is 2.61. The number of hydrogen-bond donors (Lipinski definition) is 1. The second-order valence-corrected chi connectivity index (χ2v) is 8.03. The Bertz CT molecular complexity index is 722. The molecule has 2 rings (SSSR count). The molecule has 0 aliphatic rings. The molecule has 0 saturated heterocycles. The van der Waals surface area contributed by atoms with Crippen LogP contribution in [0, 0.1) is 0 Å². The van der Waals surface area contributed by atoms with Crippen molar-refractivity contribution < 1.29 is 8.42 Å². The molecule has 2 aromatic rings. The van der Waals surface area contributed by atoms with Crippen LogP contribution in [0.25, 0.3) is 0 Å². The highest BCUT2D eigenvalue weighted by atomic mass is 32.2. The quantitative estimate of drug-likeness (QED) is 0.687. The van der Waals surface area contributed by atoms with E-state index >= 15 is 0 Å². The second-order valence-electron chi connectivity index (χ2n) is 6.19. The average molecular weight is 361 g/mol. The summed E-state index contributed by atoms with van der Waals surface area (Å²) in [6, 6.07) is 17.3. The summed E-state index contributed by atoms with van der Waals surface area (Å²) in [4.78, 5) is 2.33. The van der Waals surface area contributed by atoms with E-state index in [0.717, 1.165) is 37.2 Å². The standard InChI is InChI=1S/C20H28N2O2S/c1-3-15-22(16-4-2)20-12-10-19(11-13-20)21-25(23,24)17-14-18-8-6-5-7-9-18/h5-13,21H,3-4,14-17H2,1-2H3. The molecule has 0 spiro atoms. The minimum atomic E-state index is -3.35. The molecular formula is C20H28N2O2S. The normalized spacial score (nSPS) is 11.3. The van der Waals surface area contributed by atoms with Gasteiger partial charge in [0.1, 0.15) is 0 Å². The third-order valence-electron chi connectivity index (χ3n) is 4.00. The molecule has 0 aliphatic carbocycles. The Kier molecular flexibility index (Phi) is 7.31. The summed E-state index contributed by atoms with van der Waals surface area (Å²) < 4.78 is 27.2. The molecule has 0 aromatic heterocycles. The first-order valence-electron chi connectivity index (χ1n) is 8.93. The smallest absolute Gasteiger partial charge is 0.233 e. The Morgan fingerprint density at radius 1 is 0.880 bits per heavy atom. The van der Waals surface area contributed by atoms with Crippen LogP contribution in [0.3, 0.4) is 0 Å². The van der Waals surface area contributed by atoms with Gasteiger partial charge in [-0.05, 0) is 49.1 Å². The number of aryl methyl sites for hydroxylation is 1. The van der Waals surface area contributed by atoms with Gasteiger partial charge < -0.3 is 4.90 Å². The van der Waals surface area contributed by atoms with E-state index < -0.39 is 10.0 Å². The van der Waals surface area contributed by atoms with Gasteiger partial charge in [-0.2, -0.15) is 0 Å². The van der Waals surface area contributed by atoms with Crippen LogP contribution in [0.4, 0.5) is 11.4 Å². The number of rotatable bonds is 10. The molecule has 4 nitrogen and oxygen atoms in total. The van der Waals surface area contributed by atoms with E-state index in [4.69, 9.17) is 0 Å². The van der Waals surface area contributed by atoms with Crippen LogP contribution in [-0.2, 0) is 16.4 Å². The fourth-order valence-electron chi connectivity index (χ4n) is 2.78. The summed E-state index contributed by atoms with van der Waals surface area (Å²) in [5.41, 5.74) is 2.78. The van der Waals surface area contributed by atoms with Gasteiger partial charge in [-0.15, -0.1) is 0 Å². The monoisotopic (exact) mass is 360 g/mol. The van der Waals surface area contributed by atoms with Crippen LogP contribution in [0.1, 0.15) is 32.3 Å². The molecule has 25 heavy (non-hydrogen) atoms. The first-order chi connectivity index (χ1) is 12.0. The number of sulfonamides is 1. The Morgan fingerprint density at radius 2 is 1.48 bits per heavy atom. The van der Waals surface area contributed by atoms with Gasteiger partial charge in [0.15, 0.2) is 0 Å². The fraction of sp³-hybridized carbons (Fsp3) is 0.400. The highest BCUT2D eigenvalue weighted by Gasteiger charge is 2.11. The van der Waals surface area contributed by atoms with E-state index in [-0.39, 0.29) is 5.75 Å². The van der Waals surface area contributed by atoms with E-state index in [1.807, 2.05) is 54.6 Å². The van der Waals surface area contributed by atoms with Crippen molar-refractivity contribution in [3.8, 4) is 0 Å². The molecule has 136 valence electrons. The maximum absolute atomic E-state index is 12.3. The lowest BCUT2D eigenvalue weighted by molar-refractivity contribution is 0.600. The van der Waals surface area contributed by atoms with Crippen molar-refractivity contribution in [1.29, 1.82) is 0 Å². The van der Waals surface area contributed by atoms with Crippen molar-refractivity contribution in [3.63, 3.8) is 0 Å². The highest BCUT2D eigenvalue weighted by molar-refractivity contribution is 7.92. The lowest BCUT2D eigenvalue weighted by Gasteiger charge is -2.24. The topological polar surface area (TPSA) is 49.4 Å². The van der Waals surface area contributed by atoms with Gasteiger partial charge >= 0.3 is 0 Å². The van der Waals surface area contributed by atoms with Crippen molar-refractivity contribution in [3.05, 3.63) is 60.2 Å². The molecule has 2 aromatic carbocycles. The van der Waals surface area contributed by atoms with Crippen LogP contribution >= 0.6 is 0 Å². The molecule has 0 bridgehead atoms.